The van der Waals surface area contributed by atoms with E-state index in [1.165, 1.54) is 13.2 Å². The number of hydrogen-bond acceptors (Lipinski definition) is 5. The number of nitrogens with one attached hydrogen (secondary N) is 2. The lowest BCUT2D eigenvalue weighted by Crippen LogP contribution is -2.38. The molecule has 0 aliphatic heterocycles. The normalized spacial score (nSPS) is 11.6. The minimum atomic E-state index is -4.41. The van der Waals surface area contributed by atoms with Gasteiger partial charge in [0.2, 0.25) is 0 Å². The number of alkyl halides is 3. The Bertz CT molecular complexity index is 813. The molecule has 0 aliphatic rings. The molecule has 0 saturated heterocycles. The van der Waals surface area contributed by atoms with Crippen LogP contribution >= 0.6 is 24.0 Å². The molecular weight excluding hydrogens is 516 g/mol. The monoisotopic (exact) mass is 542 g/mol. The topological polar surface area (TPSA) is 85.6 Å². The summed E-state index contributed by atoms with van der Waals surface area (Å²) in [6.45, 7) is 2.36. The number of ether oxygens (including phenoxy) is 2. The number of halogens is 4. The van der Waals surface area contributed by atoms with Crippen molar-refractivity contribution in [3.8, 4) is 11.5 Å². The minimum Gasteiger partial charge on any atom is -0.493 e. The highest BCUT2D eigenvalue weighted by molar-refractivity contribution is 14.0. The van der Waals surface area contributed by atoms with Crippen molar-refractivity contribution in [2.24, 2.45) is 4.99 Å². The van der Waals surface area contributed by atoms with E-state index in [1.807, 2.05) is 11.5 Å². The molecule has 0 fully saturated rings. The van der Waals surface area contributed by atoms with Gasteiger partial charge in [0.25, 0.3) is 0 Å². The van der Waals surface area contributed by atoms with Gasteiger partial charge in [-0.25, -0.2) is 0 Å². The van der Waals surface area contributed by atoms with E-state index in [0.29, 0.717) is 25.6 Å². The van der Waals surface area contributed by atoms with Crippen molar-refractivity contribution in [1.29, 1.82) is 0 Å². The van der Waals surface area contributed by atoms with Crippen molar-refractivity contribution < 1.29 is 22.6 Å². The van der Waals surface area contributed by atoms with Crippen LogP contribution in [0.2, 0.25) is 0 Å². The predicted octanol–water partition coefficient (Wildman–Crippen LogP) is 2.77. The molecule has 0 bridgehead atoms. The fraction of sp³-hybridized carbons (Fsp3) is 0.500. The zero-order chi connectivity index (χ0) is 21.3. The molecule has 1 heterocycles. The largest absolute Gasteiger partial charge is 0.493 e. The van der Waals surface area contributed by atoms with Crippen LogP contribution in [0, 0.1) is 0 Å². The van der Waals surface area contributed by atoms with Crippen molar-refractivity contribution in [1.82, 2.24) is 25.4 Å². The molecule has 1 aromatic heterocycles. The molecule has 0 saturated carbocycles. The number of aromatic nitrogens is 3. The van der Waals surface area contributed by atoms with Crippen molar-refractivity contribution in [2.45, 2.75) is 32.6 Å². The molecule has 2 N–H and O–H groups in total. The molecule has 0 radical (unpaired) electrons. The maximum absolute atomic E-state index is 12.3. The summed E-state index contributed by atoms with van der Waals surface area (Å²) >= 11 is 0. The Morgan fingerprint density at radius 1 is 1.23 bits per heavy atom. The fourth-order valence-corrected chi connectivity index (χ4v) is 2.54. The second-order valence-corrected chi connectivity index (χ2v) is 6.04. The summed E-state index contributed by atoms with van der Waals surface area (Å²) in [7, 11) is 3.03. The summed E-state index contributed by atoms with van der Waals surface area (Å²) in [6.07, 6.45) is -1.92. The van der Waals surface area contributed by atoms with Gasteiger partial charge in [-0.15, -0.1) is 34.2 Å². The van der Waals surface area contributed by atoms with Gasteiger partial charge in [0.1, 0.15) is 12.2 Å². The van der Waals surface area contributed by atoms with Crippen LogP contribution in [-0.4, -0.2) is 54.2 Å². The fourth-order valence-electron chi connectivity index (χ4n) is 2.54. The van der Waals surface area contributed by atoms with Crippen LogP contribution in [-0.2, 0) is 19.5 Å². The number of methoxy groups -OCH3 is 1. The van der Waals surface area contributed by atoms with E-state index < -0.39 is 12.8 Å². The highest BCUT2D eigenvalue weighted by atomic mass is 127. The van der Waals surface area contributed by atoms with Crippen LogP contribution < -0.4 is 20.1 Å². The summed E-state index contributed by atoms with van der Waals surface area (Å²) in [5.41, 5.74) is 0.802. The first kappa shape index (κ1) is 25.8. The van der Waals surface area contributed by atoms with Crippen molar-refractivity contribution in [2.75, 3.05) is 27.3 Å². The summed E-state index contributed by atoms with van der Waals surface area (Å²) in [5, 5.41) is 14.3. The Morgan fingerprint density at radius 2 is 2.00 bits per heavy atom. The van der Waals surface area contributed by atoms with E-state index >= 15 is 0 Å². The van der Waals surface area contributed by atoms with Gasteiger partial charge in [0, 0.05) is 33.1 Å². The van der Waals surface area contributed by atoms with Gasteiger partial charge in [-0.3, -0.25) is 4.99 Å². The first-order valence-corrected chi connectivity index (χ1v) is 9.04. The molecule has 0 unspecified atom stereocenters. The average Bonchev–Trinajstić information content (AvgIpc) is 3.16. The number of guanidine groups is 1. The third-order valence-electron chi connectivity index (χ3n) is 3.96. The van der Waals surface area contributed by atoms with Crippen LogP contribution in [0.4, 0.5) is 13.2 Å². The molecule has 1 aromatic carbocycles. The molecule has 8 nitrogen and oxygen atoms in total. The highest BCUT2D eigenvalue weighted by Gasteiger charge is 2.29. The summed E-state index contributed by atoms with van der Waals surface area (Å²) in [6, 6.07) is 4.74. The van der Waals surface area contributed by atoms with Crippen LogP contribution in [0.25, 0.3) is 0 Å². The number of rotatable bonds is 9. The Balaban J connectivity index is 0.00000450. The number of nitrogens with zero attached hydrogens (tertiary/aromatic N) is 4. The molecule has 2 rings (SSSR count). The van der Waals surface area contributed by atoms with Gasteiger partial charge in [0.05, 0.1) is 7.11 Å². The van der Waals surface area contributed by atoms with Gasteiger partial charge >= 0.3 is 6.18 Å². The van der Waals surface area contributed by atoms with Crippen molar-refractivity contribution in [3.05, 3.63) is 35.9 Å². The second-order valence-electron chi connectivity index (χ2n) is 6.04. The standard InChI is InChI=1S/C18H25F3N6O2.HI/c1-4-16-26-25-12-27(16)8-7-23-17(22-2)24-10-13-5-6-14(15(9-13)28-3)29-11-18(19,20)21;/h5-6,9,12H,4,7-8,10-11H2,1-3H3,(H2,22,23,24);1H. The van der Waals surface area contributed by atoms with Crippen LogP contribution in [0.5, 0.6) is 11.5 Å². The van der Waals surface area contributed by atoms with Crippen LogP contribution in [0.1, 0.15) is 18.3 Å². The third kappa shape index (κ3) is 8.24. The smallest absolute Gasteiger partial charge is 0.422 e. The molecular formula is C18H26F3IN6O2. The Hall–Kier alpha value is -2.25. The third-order valence-corrected chi connectivity index (χ3v) is 3.96. The first-order valence-electron chi connectivity index (χ1n) is 9.04. The molecule has 168 valence electrons. The van der Waals surface area contributed by atoms with E-state index in [4.69, 9.17) is 9.47 Å². The Labute approximate surface area is 190 Å². The molecule has 0 atom stereocenters. The van der Waals surface area contributed by atoms with E-state index in [0.717, 1.165) is 17.8 Å². The quantitative estimate of drug-likeness (QED) is 0.288. The van der Waals surface area contributed by atoms with E-state index in [-0.39, 0.29) is 35.5 Å². The number of aryl methyl sites for hydroxylation is 1. The van der Waals surface area contributed by atoms with E-state index in [1.54, 1.807) is 25.5 Å². The van der Waals surface area contributed by atoms with Gasteiger partial charge in [-0.2, -0.15) is 13.2 Å². The van der Waals surface area contributed by atoms with Crippen LogP contribution in [0.15, 0.2) is 29.5 Å². The lowest BCUT2D eigenvalue weighted by Gasteiger charge is -2.15. The van der Waals surface area contributed by atoms with Gasteiger partial charge in [0.15, 0.2) is 24.1 Å². The lowest BCUT2D eigenvalue weighted by molar-refractivity contribution is -0.153. The van der Waals surface area contributed by atoms with Crippen molar-refractivity contribution in [3.63, 3.8) is 0 Å². The van der Waals surface area contributed by atoms with Gasteiger partial charge in [-0.05, 0) is 17.7 Å². The molecule has 0 aliphatic carbocycles. The Kier molecular flexibility index (Phi) is 10.7. The zero-order valence-electron chi connectivity index (χ0n) is 17.0. The van der Waals surface area contributed by atoms with E-state index in [9.17, 15) is 13.2 Å². The zero-order valence-corrected chi connectivity index (χ0v) is 19.3. The minimum absolute atomic E-state index is 0. The van der Waals surface area contributed by atoms with E-state index in [2.05, 4.69) is 25.8 Å². The number of benzene rings is 1. The molecule has 30 heavy (non-hydrogen) atoms. The van der Waals surface area contributed by atoms with Crippen molar-refractivity contribution >= 4 is 29.9 Å². The van der Waals surface area contributed by atoms with Gasteiger partial charge < -0.3 is 24.7 Å². The maximum Gasteiger partial charge on any atom is 0.422 e. The molecule has 0 spiro atoms. The SMILES string of the molecule is CCc1nncn1CCNC(=NC)NCc1ccc(OCC(F)(F)F)c(OC)c1.I. The average molecular weight is 542 g/mol. The van der Waals surface area contributed by atoms with Crippen LogP contribution in [0.3, 0.4) is 0 Å². The second kappa shape index (κ2) is 12.4. The lowest BCUT2D eigenvalue weighted by atomic mass is 10.2. The molecule has 0 amide bonds. The molecule has 2 aromatic rings. The summed E-state index contributed by atoms with van der Waals surface area (Å²) < 4.78 is 48.9. The Morgan fingerprint density at radius 3 is 2.63 bits per heavy atom. The highest BCUT2D eigenvalue weighted by Crippen LogP contribution is 2.29. The maximum atomic E-state index is 12.3. The first-order chi connectivity index (χ1) is 13.9. The summed E-state index contributed by atoms with van der Waals surface area (Å²) in [5.74, 6) is 1.77. The number of hydrogen-bond donors (Lipinski definition) is 2. The summed E-state index contributed by atoms with van der Waals surface area (Å²) in [4.78, 5) is 4.15. The van der Waals surface area contributed by atoms with Gasteiger partial charge in [-0.1, -0.05) is 13.0 Å². The molecule has 12 heteroatoms. The predicted molar refractivity (Wildman–Crippen MR) is 118 cm³/mol. The number of aliphatic imine (C=N–C) groups is 1.